The molecule has 2 N–H and O–H groups in total. The number of fused-ring (bicyclic) bond motifs is 1. The number of phenols is 1. The molecule has 5 nitrogen and oxygen atoms in total. The van der Waals surface area contributed by atoms with Crippen molar-refractivity contribution in [1.82, 2.24) is 9.88 Å². The number of rotatable bonds is 8. The maximum atomic E-state index is 10.2. The molecule has 2 aliphatic rings. The van der Waals surface area contributed by atoms with E-state index in [-0.39, 0.29) is 10.8 Å². The number of phenolic OH excluding ortho intramolecular Hbond substituents is 1. The first kappa shape index (κ1) is 26.1. The van der Waals surface area contributed by atoms with E-state index < -0.39 is 0 Å². The maximum Gasteiger partial charge on any atom is 0.176 e. The van der Waals surface area contributed by atoms with Crippen LogP contribution in [0, 0.1) is 0 Å². The molecule has 6 heteroatoms. The van der Waals surface area contributed by atoms with Crippen molar-refractivity contribution >= 4 is 28.2 Å². The number of anilines is 1. The number of aromatic nitrogens is 1. The summed E-state index contributed by atoms with van der Waals surface area (Å²) in [6, 6.07) is 11.2. The average molecular weight is 522 g/mol. The molecule has 2 aliphatic carbocycles. The molecule has 0 atom stereocenters. The van der Waals surface area contributed by atoms with Gasteiger partial charge >= 0.3 is 0 Å². The number of pyridine rings is 1. The Kier molecular flexibility index (Phi) is 8.11. The van der Waals surface area contributed by atoms with E-state index in [1.807, 2.05) is 6.07 Å². The summed E-state index contributed by atoms with van der Waals surface area (Å²) in [6.07, 6.45) is 12.1. The fourth-order valence-corrected chi connectivity index (χ4v) is 6.73. The molecule has 2 aromatic carbocycles. The van der Waals surface area contributed by atoms with Crippen LogP contribution in [-0.4, -0.2) is 47.3 Å². The second kappa shape index (κ2) is 11.5. The van der Waals surface area contributed by atoms with Crippen LogP contribution in [0.4, 0.5) is 5.69 Å². The van der Waals surface area contributed by atoms with E-state index >= 15 is 0 Å². The number of hydrogen-bond donors (Lipinski definition) is 2. The lowest BCUT2D eigenvalue weighted by molar-refractivity contribution is 0.167. The van der Waals surface area contributed by atoms with Crippen molar-refractivity contribution in [3.8, 4) is 22.6 Å². The Morgan fingerprint density at radius 2 is 1.73 bits per heavy atom. The largest absolute Gasteiger partial charge is 0.503 e. The van der Waals surface area contributed by atoms with Crippen molar-refractivity contribution in [1.29, 1.82) is 0 Å². The van der Waals surface area contributed by atoms with Crippen molar-refractivity contribution in [2.45, 2.75) is 83.2 Å². The Hall–Kier alpha value is -2.50. The van der Waals surface area contributed by atoms with Gasteiger partial charge in [0.1, 0.15) is 0 Å². The number of aromatic hydroxyl groups is 1. The third-order valence-corrected chi connectivity index (χ3v) is 8.94. The molecule has 0 unspecified atom stereocenters. The molecule has 37 heavy (non-hydrogen) atoms. The van der Waals surface area contributed by atoms with E-state index in [0.717, 1.165) is 35.1 Å². The number of benzene rings is 2. The molecule has 0 saturated heterocycles. The summed E-state index contributed by atoms with van der Waals surface area (Å²) < 4.78 is 5.37. The smallest absolute Gasteiger partial charge is 0.176 e. The average Bonchev–Trinajstić information content (AvgIpc) is 3.46. The Morgan fingerprint density at radius 1 is 1.00 bits per heavy atom. The van der Waals surface area contributed by atoms with Gasteiger partial charge in [-0.1, -0.05) is 44.4 Å². The number of methoxy groups -OCH3 is 1. The minimum atomic E-state index is -0.0263. The highest BCUT2D eigenvalue weighted by Gasteiger charge is 2.27. The second-order valence-electron chi connectivity index (χ2n) is 10.7. The molecular formula is C31H40ClN3O2. The topological polar surface area (TPSA) is 57.6 Å². The lowest BCUT2D eigenvalue weighted by Crippen LogP contribution is -2.40. The van der Waals surface area contributed by atoms with Gasteiger partial charge in [0.05, 0.1) is 17.6 Å². The van der Waals surface area contributed by atoms with Gasteiger partial charge in [-0.2, -0.15) is 0 Å². The van der Waals surface area contributed by atoms with Crippen molar-refractivity contribution < 1.29 is 9.84 Å². The highest BCUT2D eigenvalue weighted by Crippen LogP contribution is 2.43. The Morgan fingerprint density at radius 3 is 2.41 bits per heavy atom. The quantitative estimate of drug-likeness (QED) is 0.314. The van der Waals surface area contributed by atoms with Crippen LogP contribution in [0.25, 0.3) is 22.0 Å². The molecule has 1 aromatic heterocycles. The van der Waals surface area contributed by atoms with Crippen LogP contribution >= 0.6 is 11.6 Å². The van der Waals surface area contributed by atoms with Crippen LogP contribution in [0.3, 0.4) is 0 Å². The zero-order valence-corrected chi connectivity index (χ0v) is 23.2. The summed E-state index contributed by atoms with van der Waals surface area (Å²) in [5.41, 5.74) is 5.59. The third kappa shape index (κ3) is 5.39. The fraction of sp³-hybridized carbons (Fsp3) is 0.516. The summed E-state index contributed by atoms with van der Waals surface area (Å²) >= 11 is 6.33. The van der Waals surface area contributed by atoms with Gasteiger partial charge in [0.2, 0.25) is 0 Å². The first-order chi connectivity index (χ1) is 18.0. The van der Waals surface area contributed by atoms with Crippen molar-refractivity contribution in [2.75, 3.05) is 25.5 Å². The van der Waals surface area contributed by atoms with Gasteiger partial charge in [-0.05, 0) is 98.5 Å². The molecule has 0 radical (unpaired) electrons. The normalized spacial score (nSPS) is 20.6. The molecule has 198 valence electrons. The SMILES string of the molecule is CCN(CC)C1CCC(Nc2c(C3CCCC3)cnc3ccc(-c4cc(Cl)c(O)c(OC)c4)cc23)CC1. The summed E-state index contributed by atoms with van der Waals surface area (Å²) in [6.45, 7) is 6.82. The van der Waals surface area contributed by atoms with E-state index in [4.69, 9.17) is 21.3 Å². The Labute approximate surface area is 226 Å². The van der Waals surface area contributed by atoms with Crippen LogP contribution < -0.4 is 10.1 Å². The molecule has 0 amide bonds. The summed E-state index contributed by atoms with van der Waals surface area (Å²) in [4.78, 5) is 7.52. The van der Waals surface area contributed by atoms with Gasteiger partial charge in [0, 0.05) is 29.4 Å². The van der Waals surface area contributed by atoms with Crippen LogP contribution in [0.1, 0.15) is 76.7 Å². The summed E-state index contributed by atoms with van der Waals surface area (Å²) in [7, 11) is 1.55. The summed E-state index contributed by atoms with van der Waals surface area (Å²) in [5.74, 6) is 0.920. The molecule has 2 saturated carbocycles. The zero-order chi connectivity index (χ0) is 25.9. The van der Waals surface area contributed by atoms with Gasteiger partial charge in [-0.3, -0.25) is 4.98 Å². The number of halogens is 1. The molecule has 0 aliphatic heterocycles. The molecule has 0 spiro atoms. The molecular weight excluding hydrogens is 482 g/mol. The van der Waals surface area contributed by atoms with Gasteiger partial charge in [-0.15, -0.1) is 0 Å². The minimum Gasteiger partial charge on any atom is -0.503 e. The predicted molar refractivity (Wildman–Crippen MR) is 154 cm³/mol. The highest BCUT2D eigenvalue weighted by atomic mass is 35.5. The first-order valence-electron chi connectivity index (χ1n) is 14.0. The number of nitrogens with zero attached hydrogens (tertiary/aromatic N) is 2. The van der Waals surface area contributed by atoms with E-state index in [2.05, 4.69) is 48.5 Å². The van der Waals surface area contributed by atoms with E-state index in [0.29, 0.717) is 23.8 Å². The van der Waals surface area contributed by atoms with E-state index in [1.54, 1.807) is 13.2 Å². The molecule has 3 aromatic rings. The van der Waals surface area contributed by atoms with Crippen molar-refractivity contribution in [2.24, 2.45) is 0 Å². The van der Waals surface area contributed by atoms with E-state index in [1.165, 1.54) is 62.6 Å². The monoisotopic (exact) mass is 521 g/mol. The number of ether oxygens (including phenoxy) is 1. The highest BCUT2D eigenvalue weighted by molar-refractivity contribution is 6.32. The fourth-order valence-electron chi connectivity index (χ4n) is 6.52. The lowest BCUT2D eigenvalue weighted by Gasteiger charge is -2.37. The van der Waals surface area contributed by atoms with Crippen LogP contribution in [0.15, 0.2) is 36.5 Å². The Balaban J connectivity index is 1.51. The lowest BCUT2D eigenvalue weighted by atomic mass is 9.88. The third-order valence-electron chi connectivity index (χ3n) is 8.65. The van der Waals surface area contributed by atoms with Crippen LogP contribution in [-0.2, 0) is 0 Å². The molecule has 0 bridgehead atoms. The first-order valence-corrected chi connectivity index (χ1v) is 14.4. The standard InChI is InChI=1S/C31H40ClN3O2/c1-4-35(5-2)24-13-11-23(12-14-24)34-30-25-16-21(22-17-27(32)31(36)29(18-22)37-3)10-15-28(25)33-19-26(30)20-8-6-7-9-20/h10,15-20,23-24,36H,4-9,11-14H2,1-3H3,(H,33,34). The van der Waals surface area contributed by atoms with Gasteiger partial charge in [-0.25, -0.2) is 0 Å². The van der Waals surface area contributed by atoms with Crippen molar-refractivity contribution in [3.05, 3.63) is 47.1 Å². The van der Waals surface area contributed by atoms with Crippen LogP contribution in [0.2, 0.25) is 5.02 Å². The van der Waals surface area contributed by atoms with Crippen LogP contribution in [0.5, 0.6) is 11.5 Å². The number of hydrogen-bond acceptors (Lipinski definition) is 5. The Bertz CT molecular complexity index is 1230. The van der Waals surface area contributed by atoms with Gasteiger partial charge in [0.15, 0.2) is 11.5 Å². The van der Waals surface area contributed by atoms with Gasteiger partial charge < -0.3 is 20.1 Å². The summed E-state index contributed by atoms with van der Waals surface area (Å²) in [5, 5.41) is 15.7. The minimum absolute atomic E-state index is 0.0263. The molecule has 5 rings (SSSR count). The van der Waals surface area contributed by atoms with Crippen molar-refractivity contribution in [3.63, 3.8) is 0 Å². The van der Waals surface area contributed by atoms with Gasteiger partial charge in [0.25, 0.3) is 0 Å². The number of nitrogens with one attached hydrogen (secondary N) is 1. The van der Waals surface area contributed by atoms with E-state index in [9.17, 15) is 5.11 Å². The molecule has 1 heterocycles. The molecule has 2 fully saturated rings. The maximum absolute atomic E-state index is 10.2. The zero-order valence-electron chi connectivity index (χ0n) is 22.4. The second-order valence-corrected chi connectivity index (χ2v) is 11.1. The predicted octanol–water partition coefficient (Wildman–Crippen LogP) is 7.99.